The Morgan fingerprint density at radius 3 is 2.20 bits per heavy atom. The molecule has 10 heavy (non-hydrogen) atoms. The smallest absolute Gasteiger partial charge is 0.306 e. The largest absolute Gasteiger partial charge is 0.481 e. The maximum absolute atomic E-state index is 11.0. The van der Waals surface area contributed by atoms with E-state index < -0.39 is 24.6 Å². The zero-order valence-electron chi connectivity index (χ0n) is 11.3. The zero-order valence-corrected chi connectivity index (χ0v) is 6.27. The molecule has 0 aromatic heterocycles. The standard InChI is InChI=1S/C8H16O2/c1-3-5-7(6-4-2)8(9)10/h7H,3-6H2,1-2H3,(H,9,10)/i5D2,6D2,7D. The monoisotopic (exact) mass is 149 g/mol. The van der Waals surface area contributed by atoms with Crippen LogP contribution in [0.2, 0.25) is 0 Å². The summed E-state index contributed by atoms with van der Waals surface area (Å²) in [7, 11) is 0. The fourth-order valence-corrected chi connectivity index (χ4v) is 0.567. The zero-order chi connectivity index (χ0) is 12.5. The first kappa shape index (κ1) is 3.74. The molecule has 0 heterocycles. The van der Waals surface area contributed by atoms with E-state index >= 15 is 0 Å². The molecule has 0 fully saturated rings. The molecule has 0 aliphatic heterocycles. The van der Waals surface area contributed by atoms with Crippen molar-refractivity contribution in [2.24, 2.45) is 5.89 Å². The fourth-order valence-electron chi connectivity index (χ4n) is 0.567. The van der Waals surface area contributed by atoms with E-state index in [2.05, 4.69) is 0 Å². The predicted octanol–water partition coefficient (Wildman–Crippen LogP) is 2.29. The lowest BCUT2D eigenvalue weighted by Crippen LogP contribution is -2.12. The maximum Gasteiger partial charge on any atom is 0.306 e. The summed E-state index contributed by atoms with van der Waals surface area (Å²) in [6.45, 7) is 2.80. The van der Waals surface area contributed by atoms with Crippen molar-refractivity contribution in [2.45, 2.75) is 39.4 Å². The minimum absolute atomic E-state index is 0.220. The van der Waals surface area contributed by atoms with E-state index in [0.29, 0.717) is 0 Å². The Kier molecular flexibility index (Phi) is 1.97. The Morgan fingerprint density at radius 2 is 2.00 bits per heavy atom. The van der Waals surface area contributed by atoms with Gasteiger partial charge in [-0.1, -0.05) is 26.7 Å². The average molecular weight is 149 g/mol. The Balaban J connectivity index is 5.55. The lowest BCUT2D eigenvalue weighted by Gasteiger charge is -2.07. The molecule has 0 rings (SSSR count). The molecule has 0 aromatic rings. The van der Waals surface area contributed by atoms with Crippen LogP contribution >= 0.6 is 0 Å². The van der Waals surface area contributed by atoms with Crippen LogP contribution in [0.5, 0.6) is 0 Å². The van der Waals surface area contributed by atoms with Crippen LogP contribution in [0.1, 0.15) is 46.3 Å². The van der Waals surface area contributed by atoms with Gasteiger partial charge < -0.3 is 5.11 Å². The first-order chi connectivity index (χ1) is 6.56. The van der Waals surface area contributed by atoms with Crippen molar-refractivity contribution in [3.63, 3.8) is 0 Å². The fraction of sp³-hybridized carbons (Fsp3) is 0.875. The summed E-state index contributed by atoms with van der Waals surface area (Å²) in [5.74, 6) is -4.54. The number of carboxylic acids is 1. The van der Waals surface area contributed by atoms with Crippen LogP contribution < -0.4 is 0 Å². The van der Waals surface area contributed by atoms with Gasteiger partial charge in [0.2, 0.25) is 0 Å². The van der Waals surface area contributed by atoms with E-state index in [9.17, 15) is 4.79 Å². The predicted molar refractivity (Wildman–Crippen MR) is 40.9 cm³/mol. The van der Waals surface area contributed by atoms with Crippen LogP contribution in [0, 0.1) is 5.89 Å². The molecule has 0 amide bonds. The van der Waals surface area contributed by atoms with E-state index in [1.165, 1.54) is 13.8 Å². The van der Waals surface area contributed by atoms with Gasteiger partial charge in [0.25, 0.3) is 0 Å². The highest BCUT2D eigenvalue weighted by molar-refractivity contribution is 5.69. The molecular formula is C8H16O2. The molecule has 0 unspecified atom stereocenters. The lowest BCUT2D eigenvalue weighted by molar-refractivity contribution is -0.142. The minimum Gasteiger partial charge on any atom is -0.481 e. The number of carboxylic acid groups (broad SMARTS) is 1. The Bertz CT molecular complexity index is 235. The Labute approximate surface area is 69.3 Å². The van der Waals surface area contributed by atoms with Gasteiger partial charge in [-0.15, -0.1) is 0 Å². The molecule has 60 valence electrons. The molecular weight excluding hydrogens is 128 g/mol. The number of carbonyl (C=O) groups is 1. The van der Waals surface area contributed by atoms with Crippen molar-refractivity contribution in [1.82, 2.24) is 0 Å². The number of rotatable bonds is 5. The lowest BCUT2D eigenvalue weighted by atomic mass is 9.99. The van der Waals surface area contributed by atoms with Crippen LogP contribution in [0.25, 0.3) is 0 Å². The SMILES string of the molecule is [2H]C([2H])(CC)C([2H])(C(=O)O)C([2H])([2H])CC. The molecule has 0 radical (unpaired) electrons. The molecule has 0 aliphatic rings. The summed E-state index contributed by atoms with van der Waals surface area (Å²) in [4.78, 5) is 11.0. The van der Waals surface area contributed by atoms with Crippen LogP contribution in [0.4, 0.5) is 0 Å². The molecule has 2 nitrogen and oxygen atoms in total. The van der Waals surface area contributed by atoms with E-state index in [1.54, 1.807) is 0 Å². The van der Waals surface area contributed by atoms with Crippen LogP contribution in [-0.4, -0.2) is 11.1 Å². The van der Waals surface area contributed by atoms with Crippen molar-refractivity contribution in [3.05, 3.63) is 0 Å². The summed E-state index contributed by atoms with van der Waals surface area (Å²) in [6.07, 6.45) is -5.25. The van der Waals surface area contributed by atoms with Crippen molar-refractivity contribution in [2.75, 3.05) is 0 Å². The topological polar surface area (TPSA) is 37.3 Å². The first-order valence-corrected chi connectivity index (χ1v) is 3.30. The van der Waals surface area contributed by atoms with Gasteiger partial charge in [-0.2, -0.15) is 0 Å². The summed E-state index contributed by atoms with van der Waals surface area (Å²) >= 11 is 0. The maximum atomic E-state index is 11.0. The van der Waals surface area contributed by atoms with E-state index in [0.717, 1.165) is 0 Å². The van der Waals surface area contributed by atoms with Gasteiger partial charge in [0, 0.05) is 6.85 Å². The normalized spacial score (nSPS) is 21.6. The molecule has 0 spiro atoms. The van der Waals surface area contributed by atoms with E-state index in [4.69, 9.17) is 12.0 Å². The molecule has 0 saturated heterocycles. The highest BCUT2D eigenvalue weighted by Gasteiger charge is 2.13. The Hall–Kier alpha value is -0.530. The average Bonchev–Trinajstić information content (AvgIpc) is 2.15. The molecule has 1 N–H and O–H groups in total. The molecule has 0 aromatic carbocycles. The molecule has 2 heteroatoms. The van der Waals surface area contributed by atoms with Crippen LogP contribution in [-0.2, 0) is 4.79 Å². The second-order valence-corrected chi connectivity index (χ2v) is 1.74. The van der Waals surface area contributed by atoms with Crippen molar-refractivity contribution >= 4 is 5.97 Å². The van der Waals surface area contributed by atoms with Crippen molar-refractivity contribution < 1.29 is 16.8 Å². The summed E-state index contributed by atoms with van der Waals surface area (Å²) < 4.78 is 37.5. The minimum atomic E-state index is -2.77. The third-order valence-corrected chi connectivity index (χ3v) is 0.921. The van der Waals surface area contributed by atoms with Gasteiger partial charge in [-0.05, 0) is 12.7 Å². The van der Waals surface area contributed by atoms with Gasteiger partial charge >= 0.3 is 5.97 Å². The molecule has 0 saturated carbocycles. The van der Waals surface area contributed by atoms with Gasteiger partial charge in [-0.3, -0.25) is 4.79 Å². The highest BCUT2D eigenvalue weighted by Crippen LogP contribution is 2.12. The van der Waals surface area contributed by atoms with Gasteiger partial charge in [-0.25, -0.2) is 0 Å². The number of hydrogen-bond donors (Lipinski definition) is 1. The van der Waals surface area contributed by atoms with E-state index in [-0.39, 0.29) is 12.8 Å². The third-order valence-electron chi connectivity index (χ3n) is 0.921. The molecule has 0 atom stereocenters. The highest BCUT2D eigenvalue weighted by atomic mass is 16.4. The quantitative estimate of drug-likeness (QED) is 0.651. The van der Waals surface area contributed by atoms with Crippen molar-refractivity contribution in [3.8, 4) is 0 Å². The summed E-state index contributed by atoms with van der Waals surface area (Å²) in [5.41, 5.74) is 0. The Morgan fingerprint density at radius 1 is 1.60 bits per heavy atom. The van der Waals surface area contributed by atoms with Crippen molar-refractivity contribution in [1.29, 1.82) is 0 Å². The summed E-state index contributed by atoms with van der Waals surface area (Å²) in [5, 5.41) is 8.90. The van der Waals surface area contributed by atoms with Gasteiger partial charge in [0.1, 0.15) is 0 Å². The number of aliphatic carboxylic acids is 1. The third kappa shape index (κ3) is 3.49. The van der Waals surface area contributed by atoms with Crippen LogP contribution in [0.3, 0.4) is 0 Å². The van der Waals surface area contributed by atoms with Gasteiger partial charge in [0.15, 0.2) is 0 Å². The van der Waals surface area contributed by atoms with E-state index in [1.807, 2.05) is 0 Å². The molecule has 0 bridgehead atoms. The van der Waals surface area contributed by atoms with Crippen LogP contribution in [0.15, 0.2) is 0 Å². The summed E-state index contributed by atoms with van der Waals surface area (Å²) in [6, 6.07) is 0. The first-order valence-electron chi connectivity index (χ1n) is 5.80. The number of hydrogen-bond acceptors (Lipinski definition) is 1. The molecule has 0 aliphatic carbocycles. The second kappa shape index (κ2) is 5.27. The second-order valence-electron chi connectivity index (χ2n) is 1.74. The van der Waals surface area contributed by atoms with Gasteiger partial charge in [0.05, 0.1) is 5.89 Å².